The molecule has 0 aromatic heterocycles. The second-order valence-corrected chi connectivity index (χ2v) is 6.32. The van der Waals surface area contributed by atoms with Crippen LogP contribution in [0.1, 0.15) is 30.4 Å². The number of hydrogen-bond donors (Lipinski definition) is 2. The molecule has 3 rings (SSSR count). The molecule has 1 aliphatic rings. The van der Waals surface area contributed by atoms with E-state index in [-0.39, 0.29) is 23.7 Å². The molecule has 0 heterocycles. The summed E-state index contributed by atoms with van der Waals surface area (Å²) in [5.74, 6) is -0.736. The average molecular weight is 362 g/mol. The first-order valence-corrected chi connectivity index (χ1v) is 8.10. The van der Waals surface area contributed by atoms with Gasteiger partial charge < -0.3 is 10.6 Å². The third-order valence-corrected chi connectivity index (χ3v) is 4.24. The van der Waals surface area contributed by atoms with Gasteiger partial charge in [0.2, 0.25) is 11.8 Å². The van der Waals surface area contributed by atoms with Crippen molar-refractivity contribution < 1.29 is 22.8 Å². The van der Waals surface area contributed by atoms with Crippen molar-refractivity contribution in [3.8, 4) is 0 Å². The Morgan fingerprint density at radius 1 is 1.00 bits per heavy atom. The number of carbonyl (C=O) groups excluding carboxylic acids is 2. The maximum atomic E-state index is 12.6. The summed E-state index contributed by atoms with van der Waals surface area (Å²) in [7, 11) is 0. The molecule has 7 heteroatoms. The molecule has 4 nitrogen and oxygen atoms in total. The number of rotatable bonds is 4. The zero-order valence-corrected chi connectivity index (χ0v) is 13.9. The standard InChI is InChI=1S/C19H17F3N2O2/c1-11(25)23-14-3-2-4-15(9-14)24-18(26)17-10-16(17)12-5-7-13(8-6-12)19(20,21)22/h2-9,16-17H,10H2,1H3,(H,23,25)(H,24,26). The molecule has 2 aromatic carbocycles. The van der Waals surface area contributed by atoms with Crippen LogP contribution in [0, 0.1) is 5.92 Å². The second kappa shape index (κ2) is 6.82. The van der Waals surface area contributed by atoms with Crippen molar-refractivity contribution in [1.29, 1.82) is 0 Å². The molecule has 26 heavy (non-hydrogen) atoms. The van der Waals surface area contributed by atoms with E-state index in [4.69, 9.17) is 0 Å². The van der Waals surface area contributed by atoms with Crippen LogP contribution in [0.25, 0.3) is 0 Å². The van der Waals surface area contributed by atoms with Crippen molar-refractivity contribution in [2.75, 3.05) is 10.6 Å². The molecule has 0 radical (unpaired) electrons. The fraction of sp³-hybridized carbons (Fsp3) is 0.263. The molecule has 1 aliphatic carbocycles. The maximum absolute atomic E-state index is 12.6. The van der Waals surface area contributed by atoms with Crippen molar-refractivity contribution in [2.24, 2.45) is 5.92 Å². The van der Waals surface area contributed by atoms with Gasteiger partial charge in [-0.15, -0.1) is 0 Å². The summed E-state index contributed by atoms with van der Waals surface area (Å²) in [6.45, 7) is 1.39. The topological polar surface area (TPSA) is 58.2 Å². The van der Waals surface area contributed by atoms with E-state index in [1.807, 2.05) is 0 Å². The Morgan fingerprint density at radius 2 is 1.62 bits per heavy atom. The van der Waals surface area contributed by atoms with Crippen LogP contribution in [0.2, 0.25) is 0 Å². The lowest BCUT2D eigenvalue weighted by Gasteiger charge is -2.09. The zero-order chi connectivity index (χ0) is 18.9. The number of nitrogens with one attached hydrogen (secondary N) is 2. The van der Waals surface area contributed by atoms with Crippen LogP contribution in [-0.2, 0) is 15.8 Å². The van der Waals surface area contributed by atoms with Gasteiger partial charge in [-0.25, -0.2) is 0 Å². The summed E-state index contributed by atoms with van der Waals surface area (Å²) in [6, 6.07) is 11.7. The summed E-state index contributed by atoms with van der Waals surface area (Å²) >= 11 is 0. The Bertz CT molecular complexity index is 831. The quantitative estimate of drug-likeness (QED) is 0.847. The molecular formula is C19H17F3N2O2. The number of hydrogen-bond acceptors (Lipinski definition) is 2. The highest BCUT2D eigenvalue weighted by Gasteiger charge is 2.44. The molecule has 2 atom stereocenters. The van der Waals surface area contributed by atoms with Crippen LogP contribution in [0.4, 0.5) is 24.5 Å². The summed E-state index contributed by atoms with van der Waals surface area (Å²) in [4.78, 5) is 23.4. The van der Waals surface area contributed by atoms with Crippen LogP contribution < -0.4 is 10.6 Å². The minimum absolute atomic E-state index is 0.0733. The third kappa shape index (κ3) is 4.22. The molecule has 1 fully saturated rings. The highest BCUT2D eigenvalue weighted by molar-refractivity contribution is 5.96. The molecule has 1 saturated carbocycles. The van der Waals surface area contributed by atoms with Gasteiger partial charge in [0.05, 0.1) is 5.56 Å². The Balaban J connectivity index is 1.62. The number of carbonyl (C=O) groups is 2. The number of amides is 2. The van der Waals surface area contributed by atoms with Gasteiger partial charge in [0, 0.05) is 24.2 Å². The van der Waals surface area contributed by atoms with Crippen LogP contribution in [0.5, 0.6) is 0 Å². The molecular weight excluding hydrogens is 345 g/mol. The van der Waals surface area contributed by atoms with Crippen LogP contribution in [0.3, 0.4) is 0 Å². The average Bonchev–Trinajstić information content (AvgIpc) is 3.34. The van der Waals surface area contributed by atoms with E-state index in [0.29, 0.717) is 17.8 Å². The van der Waals surface area contributed by atoms with Gasteiger partial charge in [0.25, 0.3) is 0 Å². The molecule has 0 aliphatic heterocycles. The normalized spacial score (nSPS) is 18.9. The fourth-order valence-corrected chi connectivity index (χ4v) is 2.89. The molecule has 0 spiro atoms. The fourth-order valence-electron chi connectivity index (χ4n) is 2.89. The number of benzene rings is 2. The van der Waals surface area contributed by atoms with E-state index in [0.717, 1.165) is 17.7 Å². The molecule has 0 bridgehead atoms. The molecule has 2 amide bonds. The van der Waals surface area contributed by atoms with Crippen molar-refractivity contribution in [3.63, 3.8) is 0 Å². The van der Waals surface area contributed by atoms with Gasteiger partial charge in [-0.2, -0.15) is 13.2 Å². The summed E-state index contributed by atoms with van der Waals surface area (Å²) < 4.78 is 37.8. The van der Waals surface area contributed by atoms with E-state index < -0.39 is 11.7 Å². The Labute approximate surface area is 148 Å². The van der Waals surface area contributed by atoms with Gasteiger partial charge in [-0.3, -0.25) is 9.59 Å². The highest BCUT2D eigenvalue weighted by atomic mass is 19.4. The van der Waals surface area contributed by atoms with Crippen LogP contribution in [0.15, 0.2) is 48.5 Å². The van der Waals surface area contributed by atoms with E-state index in [1.165, 1.54) is 19.1 Å². The predicted octanol–water partition coefficient (Wildman–Crippen LogP) is 4.41. The first kappa shape index (κ1) is 18.0. The monoisotopic (exact) mass is 362 g/mol. The van der Waals surface area contributed by atoms with E-state index in [1.54, 1.807) is 24.3 Å². The van der Waals surface area contributed by atoms with Crippen molar-refractivity contribution in [1.82, 2.24) is 0 Å². The van der Waals surface area contributed by atoms with E-state index >= 15 is 0 Å². The lowest BCUT2D eigenvalue weighted by Crippen LogP contribution is -2.15. The molecule has 2 N–H and O–H groups in total. The number of halogens is 3. The minimum Gasteiger partial charge on any atom is -0.326 e. The maximum Gasteiger partial charge on any atom is 0.416 e. The zero-order valence-electron chi connectivity index (χ0n) is 13.9. The Kier molecular flexibility index (Phi) is 4.71. The number of alkyl halides is 3. The minimum atomic E-state index is -4.36. The van der Waals surface area contributed by atoms with E-state index in [2.05, 4.69) is 10.6 Å². The molecule has 0 saturated heterocycles. The first-order valence-electron chi connectivity index (χ1n) is 8.10. The first-order chi connectivity index (χ1) is 12.2. The summed E-state index contributed by atoms with van der Waals surface area (Å²) in [5.41, 5.74) is 1.16. The lowest BCUT2D eigenvalue weighted by atomic mass is 10.1. The van der Waals surface area contributed by atoms with Crippen molar-refractivity contribution in [2.45, 2.75) is 25.4 Å². The van der Waals surface area contributed by atoms with Gasteiger partial charge in [0.1, 0.15) is 0 Å². The molecule has 136 valence electrons. The third-order valence-electron chi connectivity index (χ3n) is 4.24. The lowest BCUT2D eigenvalue weighted by molar-refractivity contribution is -0.137. The van der Waals surface area contributed by atoms with Crippen LogP contribution >= 0.6 is 0 Å². The SMILES string of the molecule is CC(=O)Nc1cccc(NC(=O)C2CC2c2ccc(C(F)(F)F)cc2)c1. The van der Waals surface area contributed by atoms with Gasteiger partial charge in [-0.1, -0.05) is 18.2 Å². The largest absolute Gasteiger partial charge is 0.416 e. The number of anilines is 2. The van der Waals surface area contributed by atoms with Gasteiger partial charge in [0.15, 0.2) is 0 Å². The second-order valence-electron chi connectivity index (χ2n) is 6.32. The van der Waals surface area contributed by atoms with Gasteiger partial charge in [-0.05, 0) is 48.2 Å². The summed E-state index contributed by atoms with van der Waals surface area (Å²) in [6.07, 6.45) is -3.76. The summed E-state index contributed by atoms with van der Waals surface area (Å²) in [5, 5.41) is 5.42. The van der Waals surface area contributed by atoms with Crippen molar-refractivity contribution in [3.05, 3.63) is 59.7 Å². The Hall–Kier alpha value is -2.83. The molecule has 2 unspecified atom stereocenters. The van der Waals surface area contributed by atoms with Crippen LogP contribution in [-0.4, -0.2) is 11.8 Å². The predicted molar refractivity (Wildman–Crippen MR) is 91.7 cm³/mol. The van der Waals surface area contributed by atoms with Gasteiger partial charge >= 0.3 is 6.18 Å². The molecule has 2 aromatic rings. The smallest absolute Gasteiger partial charge is 0.326 e. The van der Waals surface area contributed by atoms with E-state index in [9.17, 15) is 22.8 Å². The van der Waals surface area contributed by atoms with Crippen molar-refractivity contribution >= 4 is 23.2 Å². The Morgan fingerprint density at radius 3 is 2.19 bits per heavy atom. The highest BCUT2D eigenvalue weighted by Crippen LogP contribution is 2.48.